The SMILES string of the molecule is COC(=O)c1cc(C)sc1NC(=O)Cn1nc(C(F)F)c(Br)c1C. The Bertz CT molecular complexity index is 789. The lowest BCUT2D eigenvalue weighted by Crippen LogP contribution is -2.21. The van der Waals surface area contributed by atoms with Gasteiger partial charge in [0.25, 0.3) is 6.43 Å². The smallest absolute Gasteiger partial charge is 0.340 e. The van der Waals surface area contributed by atoms with Crippen molar-refractivity contribution in [2.45, 2.75) is 26.8 Å². The molecule has 0 aliphatic heterocycles. The Balaban J connectivity index is 2.18. The van der Waals surface area contributed by atoms with Gasteiger partial charge in [-0.1, -0.05) is 0 Å². The molecule has 0 atom stereocenters. The van der Waals surface area contributed by atoms with Gasteiger partial charge in [0.15, 0.2) is 0 Å². The summed E-state index contributed by atoms with van der Waals surface area (Å²) in [6.45, 7) is 3.11. The number of esters is 1. The van der Waals surface area contributed by atoms with E-state index in [9.17, 15) is 18.4 Å². The molecule has 10 heteroatoms. The third-order valence-corrected chi connectivity index (χ3v) is 5.12. The average molecular weight is 422 g/mol. The van der Waals surface area contributed by atoms with E-state index in [1.807, 2.05) is 0 Å². The normalized spacial score (nSPS) is 11.0. The number of methoxy groups -OCH3 is 1. The molecule has 0 saturated heterocycles. The minimum atomic E-state index is -2.74. The van der Waals surface area contributed by atoms with E-state index in [-0.39, 0.29) is 16.6 Å². The third-order valence-electron chi connectivity index (χ3n) is 3.17. The number of rotatable bonds is 5. The van der Waals surface area contributed by atoms with E-state index in [4.69, 9.17) is 0 Å². The van der Waals surface area contributed by atoms with Gasteiger partial charge in [0.1, 0.15) is 17.2 Å². The van der Waals surface area contributed by atoms with E-state index in [2.05, 4.69) is 31.1 Å². The predicted octanol–water partition coefficient (Wildman–Crippen LogP) is 3.69. The van der Waals surface area contributed by atoms with Crippen LogP contribution < -0.4 is 5.32 Å². The predicted molar refractivity (Wildman–Crippen MR) is 88.6 cm³/mol. The molecule has 2 rings (SSSR count). The molecule has 0 aliphatic carbocycles. The zero-order chi connectivity index (χ0) is 18.0. The van der Waals surface area contributed by atoms with Gasteiger partial charge in [0, 0.05) is 4.88 Å². The third kappa shape index (κ3) is 3.81. The number of aryl methyl sites for hydroxylation is 1. The average Bonchev–Trinajstić information content (AvgIpc) is 3.01. The summed E-state index contributed by atoms with van der Waals surface area (Å²) >= 11 is 4.27. The highest BCUT2D eigenvalue weighted by Gasteiger charge is 2.22. The van der Waals surface area contributed by atoms with Crippen LogP contribution in [0.25, 0.3) is 0 Å². The minimum Gasteiger partial charge on any atom is -0.465 e. The molecule has 2 aromatic heterocycles. The number of alkyl halides is 2. The molecule has 0 aromatic carbocycles. The van der Waals surface area contributed by atoms with Gasteiger partial charge in [-0.15, -0.1) is 11.3 Å². The molecule has 0 saturated carbocycles. The molecule has 24 heavy (non-hydrogen) atoms. The number of anilines is 1. The second-order valence-corrected chi connectivity index (χ2v) is 6.93. The topological polar surface area (TPSA) is 73.2 Å². The van der Waals surface area contributed by atoms with Crippen molar-refractivity contribution < 1.29 is 23.1 Å². The van der Waals surface area contributed by atoms with Crippen molar-refractivity contribution in [3.8, 4) is 0 Å². The van der Waals surface area contributed by atoms with Crippen molar-refractivity contribution in [1.29, 1.82) is 0 Å². The first-order valence-electron chi connectivity index (χ1n) is 6.74. The zero-order valence-electron chi connectivity index (χ0n) is 13.0. The lowest BCUT2D eigenvalue weighted by atomic mass is 10.3. The fourth-order valence-electron chi connectivity index (χ4n) is 2.01. The largest absolute Gasteiger partial charge is 0.465 e. The maximum absolute atomic E-state index is 12.8. The summed E-state index contributed by atoms with van der Waals surface area (Å²) in [5, 5.41) is 6.68. The molecule has 0 bridgehead atoms. The molecule has 1 N–H and O–H groups in total. The van der Waals surface area contributed by atoms with Crippen LogP contribution in [0.1, 0.15) is 33.0 Å². The number of aromatic nitrogens is 2. The molecule has 0 fully saturated rings. The highest BCUT2D eigenvalue weighted by Crippen LogP contribution is 2.30. The lowest BCUT2D eigenvalue weighted by Gasteiger charge is -2.07. The van der Waals surface area contributed by atoms with Crippen molar-refractivity contribution in [3.05, 3.63) is 32.4 Å². The fourth-order valence-corrected chi connectivity index (χ4v) is 3.38. The number of hydrogen-bond donors (Lipinski definition) is 1. The van der Waals surface area contributed by atoms with E-state index < -0.39 is 24.0 Å². The molecule has 0 aliphatic rings. The Morgan fingerprint density at radius 1 is 1.46 bits per heavy atom. The van der Waals surface area contributed by atoms with Crippen molar-refractivity contribution in [3.63, 3.8) is 0 Å². The standard InChI is InChI=1S/C14H14BrF2N3O3S/c1-6-4-8(14(22)23-3)13(24-6)18-9(21)5-20-7(2)10(15)11(19-20)12(16)17/h4,12H,5H2,1-3H3,(H,18,21). The van der Waals surface area contributed by atoms with Crippen molar-refractivity contribution in [1.82, 2.24) is 9.78 Å². The number of halogens is 3. The van der Waals surface area contributed by atoms with E-state index >= 15 is 0 Å². The number of carbonyl (C=O) groups excluding carboxylic acids is 2. The molecule has 6 nitrogen and oxygen atoms in total. The molecular weight excluding hydrogens is 408 g/mol. The Labute approximate surface area is 148 Å². The molecular formula is C14H14BrF2N3O3S. The van der Waals surface area contributed by atoms with Crippen LogP contribution >= 0.6 is 27.3 Å². The molecule has 0 unspecified atom stereocenters. The summed E-state index contributed by atoms with van der Waals surface area (Å²) in [5.41, 5.74) is 0.249. The number of ether oxygens (including phenoxy) is 1. The quantitative estimate of drug-likeness (QED) is 0.747. The van der Waals surface area contributed by atoms with Gasteiger partial charge in [0.05, 0.1) is 22.8 Å². The van der Waals surface area contributed by atoms with Crippen LogP contribution in [0.3, 0.4) is 0 Å². The number of thiophene rings is 1. The summed E-state index contributed by atoms with van der Waals surface area (Å²) in [6.07, 6.45) is -2.74. The fraction of sp³-hybridized carbons (Fsp3) is 0.357. The van der Waals surface area contributed by atoms with Gasteiger partial charge in [-0.3, -0.25) is 9.48 Å². The van der Waals surface area contributed by atoms with Crippen LogP contribution in [0.4, 0.5) is 13.8 Å². The van der Waals surface area contributed by atoms with Crippen LogP contribution in [0.2, 0.25) is 0 Å². The van der Waals surface area contributed by atoms with Gasteiger partial charge < -0.3 is 10.1 Å². The highest BCUT2D eigenvalue weighted by atomic mass is 79.9. The van der Waals surface area contributed by atoms with Crippen LogP contribution in [-0.2, 0) is 16.1 Å². The molecule has 1 amide bonds. The molecule has 2 aromatic rings. The number of hydrogen-bond acceptors (Lipinski definition) is 5. The van der Waals surface area contributed by atoms with Crippen LogP contribution in [0.5, 0.6) is 0 Å². The highest BCUT2D eigenvalue weighted by molar-refractivity contribution is 9.10. The monoisotopic (exact) mass is 421 g/mol. The van der Waals surface area contributed by atoms with Gasteiger partial charge in [-0.2, -0.15) is 5.10 Å². The maximum Gasteiger partial charge on any atom is 0.340 e. The summed E-state index contributed by atoms with van der Waals surface area (Å²) < 4.78 is 31.7. The van der Waals surface area contributed by atoms with E-state index in [1.165, 1.54) is 23.1 Å². The summed E-state index contributed by atoms with van der Waals surface area (Å²) in [7, 11) is 1.25. The summed E-state index contributed by atoms with van der Waals surface area (Å²) in [5.74, 6) is -1.05. The minimum absolute atomic E-state index is 0.174. The Hall–Kier alpha value is -1.81. The first-order valence-corrected chi connectivity index (χ1v) is 8.35. The van der Waals surface area contributed by atoms with Crippen molar-refractivity contribution in [2.24, 2.45) is 0 Å². The van der Waals surface area contributed by atoms with E-state index in [0.29, 0.717) is 10.7 Å². The Morgan fingerprint density at radius 2 is 2.12 bits per heavy atom. The Morgan fingerprint density at radius 3 is 2.67 bits per heavy atom. The summed E-state index contributed by atoms with van der Waals surface area (Å²) in [4.78, 5) is 24.7. The van der Waals surface area contributed by atoms with Crippen LogP contribution in [-0.4, -0.2) is 28.8 Å². The van der Waals surface area contributed by atoms with Gasteiger partial charge in [0.2, 0.25) is 5.91 Å². The van der Waals surface area contributed by atoms with E-state index in [1.54, 1.807) is 19.9 Å². The first-order chi connectivity index (χ1) is 11.2. The molecule has 130 valence electrons. The van der Waals surface area contributed by atoms with Gasteiger partial charge in [-0.25, -0.2) is 13.6 Å². The van der Waals surface area contributed by atoms with E-state index in [0.717, 1.165) is 4.88 Å². The van der Waals surface area contributed by atoms with Gasteiger partial charge >= 0.3 is 5.97 Å². The second-order valence-electron chi connectivity index (χ2n) is 4.88. The number of amides is 1. The van der Waals surface area contributed by atoms with Crippen molar-refractivity contribution >= 4 is 44.1 Å². The second kappa shape index (κ2) is 7.39. The first kappa shape index (κ1) is 18.5. The summed E-state index contributed by atoms with van der Waals surface area (Å²) in [6, 6.07) is 1.61. The molecule has 2 heterocycles. The molecule has 0 radical (unpaired) electrons. The Kier molecular flexibility index (Phi) is 5.70. The van der Waals surface area contributed by atoms with Crippen LogP contribution in [0.15, 0.2) is 10.5 Å². The van der Waals surface area contributed by atoms with Crippen LogP contribution in [0, 0.1) is 13.8 Å². The number of nitrogens with zero attached hydrogens (tertiary/aromatic N) is 2. The number of nitrogens with one attached hydrogen (secondary N) is 1. The van der Waals surface area contributed by atoms with Gasteiger partial charge in [-0.05, 0) is 35.8 Å². The van der Waals surface area contributed by atoms with Crippen molar-refractivity contribution in [2.75, 3.05) is 12.4 Å². The lowest BCUT2D eigenvalue weighted by molar-refractivity contribution is -0.116. The maximum atomic E-state index is 12.8. The number of carbonyl (C=O) groups is 2. The zero-order valence-corrected chi connectivity index (χ0v) is 15.4. The molecule has 0 spiro atoms.